The lowest BCUT2D eigenvalue weighted by Crippen LogP contribution is -2.23. The first-order chi connectivity index (χ1) is 18.1. The maximum absolute atomic E-state index is 11.7. The molecule has 184 valence electrons. The van der Waals surface area contributed by atoms with Gasteiger partial charge in [-0.2, -0.15) is 0 Å². The highest BCUT2D eigenvalue weighted by Gasteiger charge is 2.27. The van der Waals surface area contributed by atoms with E-state index in [0.29, 0.717) is 22.4 Å². The average molecular weight is 507 g/mol. The monoisotopic (exact) mass is 506 g/mol. The van der Waals surface area contributed by atoms with Crippen LogP contribution < -0.4 is 25.4 Å². The molecule has 37 heavy (non-hydrogen) atoms. The molecule has 4 nitrogen and oxygen atoms in total. The van der Waals surface area contributed by atoms with Gasteiger partial charge in [-0.3, -0.25) is 0 Å². The first kappa shape index (κ1) is 24.4. The van der Waals surface area contributed by atoms with Crippen molar-refractivity contribution in [3.63, 3.8) is 0 Å². The lowest BCUT2D eigenvalue weighted by molar-refractivity contribution is 0.397. The number of hydrogen-bond donors (Lipinski definition) is 2. The second kappa shape index (κ2) is 10.8. The Kier molecular flexibility index (Phi) is 7.11. The van der Waals surface area contributed by atoms with Crippen LogP contribution in [0.4, 0.5) is 0 Å². The van der Waals surface area contributed by atoms with Crippen molar-refractivity contribution < 1.29 is 19.7 Å². The molecule has 5 heteroatoms. The molecule has 0 spiro atoms. The third-order valence-corrected chi connectivity index (χ3v) is 8.77. The van der Waals surface area contributed by atoms with E-state index in [1.54, 1.807) is 26.4 Å². The van der Waals surface area contributed by atoms with Crippen molar-refractivity contribution in [1.29, 1.82) is 0 Å². The van der Waals surface area contributed by atoms with Crippen LogP contribution in [0.2, 0.25) is 0 Å². The van der Waals surface area contributed by atoms with Crippen molar-refractivity contribution in [3.05, 3.63) is 115 Å². The van der Waals surface area contributed by atoms with E-state index in [-0.39, 0.29) is 11.5 Å². The van der Waals surface area contributed by atoms with Gasteiger partial charge >= 0.3 is 0 Å². The van der Waals surface area contributed by atoms with E-state index in [1.165, 1.54) is 0 Å². The molecule has 0 saturated carbocycles. The molecule has 0 radical (unpaired) electrons. The molecular weight excluding hydrogens is 479 g/mol. The van der Waals surface area contributed by atoms with E-state index in [0.717, 1.165) is 27.3 Å². The summed E-state index contributed by atoms with van der Waals surface area (Å²) >= 11 is 0. The van der Waals surface area contributed by atoms with Crippen LogP contribution in [0.1, 0.15) is 0 Å². The van der Waals surface area contributed by atoms with Crippen LogP contribution in [0, 0.1) is 0 Å². The molecule has 1 unspecified atom stereocenters. The van der Waals surface area contributed by atoms with E-state index < -0.39 is 7.92 Å². The van der Waals surface area contributed by atoms with Gasteiger partial charge in [0.1, 0.15) is 23.0 Å². The Morgan fingerprint density at radius 2 is 1.16 bits per heavy atom. The van der Waals surface area contributed by atoms with E-state index in [2.05, 4.69) is 18.2 Å². The molecule has 0 bridgehead atoms. The van der Waals surface area contributed by atoms with Crippen molar-refractivity contribution in [2.75, 3.05) is 14.2 Å². The van der Waals surface area contributed by atoms with Crippen LogP contribution >= 0.6 is 7.92 Å². The van der Waals surface area contributed by atoms with Gasteiger partial charge in [-0.15, -0.1) is 0 Å². The van der Waals surface area contributed by atoms with Gasteiger partial charge in [0.2, 0.25) is 0 Å². The topological polar surface area (TPSA) is 58.9 Å². The number of rotatable bonds is 7. The third kappa shape index (κ3) is 4.76. The van der Waals surface area contributed by atoms with E-state index >= 15 is 0 Å². The van der Waals surface area contributed by atoms with Gasteiger partial charge in [0.15, 0.2) is 0 Å². The Morgan fingerprint density at radius 3 is 1.81 bits per heavy atom. The number of ether oxygens (including phenoxy) is 2. The zero-order chi connectivity index (χ0) is 25.8. The van der Waals surface area contributed by atoms with Gasteiger partial charge in [-0.25, -0.2) is 0 Å². The average Bonchev–Trinajstić information content (AvgIpc) is 2.95. The van der Waals surface area contributed by atoms with Crippen LogP contribution in [0.25, 0.3) is 22.3 Å². The molecule has 5 aromatic carbocycles. The van der Waals surface area contributed by atoms with Gasteiger partial charge in [0.05, 0.1) is 19.8 Å². The summed E-state index contributed by atoms with van der Waals surface area (Å²) in [5.74, 6) is 1.64. The smallest absolute Gasteiger partial charge is 0.131 e. The lowest BCUT2D eigenvalue weighted by Gasteiger charge is -2.25. The minimum absolute atomic E-state index is 0.0995. The zero-order valence-corrected chi connectivity index (χ0v) is 21.5. The van der Waals surface area contributed by atoms with Crippen LogP contribution in [-0.4, -0.2) is 24.4 Å². The summed E-state index contributed by atoms with van der Waals surface area (Å²) < 4.78 is 11.5. The van der Waals surface area contributed by atoms with Crippen LogP contribution in [0.3, 0.4) is 0 Å². The number of phenolic OH excluding ortho intramolecular Hbond substituents is 2. The molecule has 0 heterocycles. The van der Waals surface area contributed by atoms with E-state index in [9.17, 15) is 10.2 Å². The second-order valence-corrected chi connectivity index (χ2v) is 10.6. The van der Waals surface area contributed by atoms with Gasteiger partial charge in [0.25, 0.3) is 0 Å². The Labute approximate surface area is 218 Å². The summed E-state index contributed by atoms with van der Waals surface area (Å²) in [7, 11) is 2.00. The molecule has 0 aliphatic rings. The molecule has 0 aliphatic carbocycles. The predicted molar refractivity (Wildman–Crippen MR) is 152 cm³/mol. The second-order valence-electron chi connectivity index (χ2n) is 8.45. The van der Waals surface area contributed by atoms with E-state index in [4.69, 9.17) is 9.47 Å². The summed E-state index contributed by atoms with van der Waals surface area (Å²) in [4.78, 5) is 0. The molecule has 2 N–H and O–H groups in total. The largest absolute Gasteiger partial charge is 0.508 e. The van der Waals surface area contributed by atoms with Gasteiger partial charge in [-0.05, 0) is 53.9 Å². The fourth-order valence-electron chi connectivity index (χ4n) is 4.59. The molecule has 5 rings (SSSR count). The predicted octanol–water partition coefficient (Wildman–Crippen LogP) is 6.21. The summed E-state index contributed by atoms with van der Waals surface area (Å²) in [5, 5.41) is 25.2. The Hall–Kier alpha value is -4.27. The minimum atomic E-state index is -1.29. The summed E-state index contributed by atoms with van der Waals surface area (Å²) in [6.07, 6.45) is 0. The van der Waals surface area contributed by atoms with Gasteiger partial charge in [-0.1, -0.05) is 91.0 Å². The summed E-state index contributed by atoms with van der Waals surface area (Å²) in [5.41, 5.74) is 3.21. The maximum Gasteiger partial charge on any atom is 0.131 e. The number of methoxy groups -OCH3 is 2. The van der Waals surface area contributed by atoms with Crippen molar-refractivity contribution in [1.82, 2.24) is 0 Å². The standard InChI is InChI=1S/C32H27O4P/c1-35-27-17-11-18-28(36-2)31(27)25-16-9-10-19-29(25)37(24-14-7-4-8-15-24)30-21-23(33)20-26(32(30)34)22-12-5-3-6-13-22/h3-21,33-34H,1-2H3. The fraction of sp³-hybridized carbons (Fsp3) is 0.0625. The lowest BCUT2D eigenvalue weighted by atomic mass is 10.0. The number of aromatic hydroxyl groups is 2. The summed E-state index contributed by atoms with van der Waals surface area (Å²) in [6.45, 7) is 0. The molecule has 0 aliphatic heterocycles. The van der Waals surface area contributed by atoms with Crippen molar-refractivity contribution in [2.45, 2.75) is 0 Å². The van der Waals surface area contributed by atoms with Crippen molar-refractivity contribution >= 4 is 23.8 Å². The maximum atomic E-state index is 11.7. The molecule has 0 fully saturated rings. The molecule has 0 saturated heterocycles. The highest BCUT2D eigenvalue weighted by Crippen LogP contribution is 2.46. The number of benzene rings is 5. The Bertz CT molecular complexity index is 1500. The highest BCUT2D eigenvalue weighted by atomic mass is 31.1. The van der Waals surface area contributed by atoms with Crippen LogP contribution in [-0.2, 0) is 0 Å². The Morgan fingerprint density at radius 1 is 0.568 bits per heavy atom. The first-order valence-electron chi connectivity index (χ1n) is 11.9. The van der Waals surface area contributed by atoms with Crippen molar-refractivity contribution in [2.24, 2.45) is 0 Å². The Balaban J connectivity index is 1.81. The minimum Gasteiger partial charge on any atom is -0.508 e. The first-order valence-corrected chi connectivity index (χ1v) is 13.2. The van der Waals surface area contributed by atoms with Crippen LogP contribution in [0.5, 0.6) is 23.0 Å². The molecule has 5 aromatic rings. The normalized spacial score (nSPS) is 11.6. The van der Waals surface area contributed by atoms with Crippen molar-refractivity contribution in [3.8, 4) is 45.3 Å². The molecular formula is C32H27O4P. The summed E-state index contributed by atoms with van der Waals surface area (Å²) in [6, 6.07) is 36.8. The fourth-order valence-corrected chi connectivity index (χ4v) is 7.14. The molecule has 0 amide bonds. The third-order valence-electron chi connectivity index (χ3n) is 6.26. The quantitative estimate of drug-likeness (QED) is 0.204. The van der Waals surface area contributed by atoms with E-state index in [1.807, 2.05) is 84.9 Å². The van der Waals surface area contributed by atoms with Gasteiger partial charge < -0.3 is 19.7 Å². The molecule has 1 atom stereocenters. The van der Waals surface area contributed by atoms with Crippen LogP contribution in [0.15, 0.2) is 115 Å². The molecule has 0 aromatic heterocycles. The highest BCUT2D eigenvalue weighted by molar-refractivity contribution is 7.80. The zero-order valence-electron chi connectivity index (χ0n) is 20.6. The van der Waals surface area contributed by atoms with Gasteiger partial charge in [0, 0.05) is 10.9 Å². The number of hydrogen-bond acceptors (Lipinski definition) is 4. The SMILES string of the molecule is COc1cccc(OC)c1-c1ccccc1P(c1ccccc1)c1cc(O)cc(-c2ccccc2)c1O. The number of phenols is 2.